The van der Waals surface area contributed by atoms with Crippen molar-refractivity contribution in [2.75, 3.05) is 30.4 Å². The molecule has 3 heterocycles. The number of nitrogens with two attached hydrogens (primary N) is 1. The van der Waals surface area contributed by atoms with Gasteiger partial charge in [0.25, 0.3) is 0 Å². The minimum Gasteiger partial charge on any atom is -0.383 e. The Morgan fingerprint density at radius 3 is 2.71 bits per heavy atom. The Labute approximate surface area is 161 Å². The van der Waals surface area contributed by atoms with E-state index in [9.17, 15) is 21.6 Å². The molecule has 0 aliphatic rings. The van der Waals surface area contributed by atoms with Crippen molar-refractivity contribution >= 4 is 37.3 Å². The van der Waals surface area contributed by atoms with Gasteiger partial charge in [0, 0.05) is 24.8 Å². The number of hydrogen-bond donors (Lipinski definition) is 3. The Morgan fingerprint density at radius 2 is 2.07 bits per heavy atom. The van der Waals surface area contributed by atoms with E-state index >= 15 is 0 Å². The molecule has 0 atom stereocenters. The van der Waals surface area contributed by atoms with Crippen LogP contribution in [0.15, 0.2) is 18.5 Å². The van der Waals surface area contributed by atoms with Crippen molar-refractivity contribution in [3.05, 3.63) is 24.0 Å². The van der Waals surface area contributed by atoms with Gasteiger partial charge >= 0.3 is 6.18 Å². The fourth-order valence-corrected chi connectivity index (χ4v) is 3.62. The second-order valence-electron chi connectivity index (χ2n) is 5.86. The van der Waals surface area contributed by atoms with Gasteiger partial charge in [-0.15, -0.1) is 5.10 Å². The highest BCUT2D eigenvalue weighted by Crippen LogP contribution is 2.35. The summed E-state index contributed by atoms with van der Waals surface area (Å²) < 4.78 is 64.7. The van der Waals surface area contributed by atoms with Gasteiger partial charge < -0.3 is 11.1 Å². The number of imidazole rings is 1. The van der Waals surface area contributed by atoms with Gasteiger partial charge in [0.05, 0.1) is 23.7 Å². The van der Waals surface area contributed by atoms with Crippen molar-refractivity contribution in [1.29, 1.82) is 0 Å². The standard InChI is InChI=1S/C14H16F3N7O2S2/c1-28(25,26)21-4-2-3-19-12-23-24-7-10(22-13(24)27-12)8-5-9(14(15,16)17)11(18)20-6-8/h5-7,21H,2-4H2,1H3,(H2,18,20)(H,19,23). The van der Waals surface area contributed by atoms with Crippen LogP contribution in [0.2, 0.25) is 0 Å². The van der Waals surface area contributed by atoms with E-state index in [1.165, 1.54) is 28.2 Å². The number of rotatable bonds is 7. The molecule has 3 aromatic rings. The number of halogens is 3. The Bertz CT molecular complexity index is 1060. The molecule has 0 aromatic carbocycles. The van der Waals surface area contributed by atoms with Gasteiger partial charge in [0.1, 0.15) is 5.82 Å². The van der Waals surface area contributed by atoms with Crippen LogP contribution in [-0.2, 0) is 16.2 Å². The molecule has 0 unspecified atom stereocenters. The number of fused-ring (bicyclic) bond motifs is 1. The molecule has 0 saturated carbocycles. The zero-order valence-electron chi connectivity index (χ0n) is 14.5. The predicted octanol–water partition coefficient (Wildman–Crippen LogP) is 1.80. The number of nitrogens with zero attached hydrogens (tertiary/aromatic N) is 4. The maximum atomic E-state index is 13.0. The zero-order valence-corrected chi connectivity index (χ0v) is 16.1. The molecule has 0 aliphatic carbocycles. The maximum Gasteiger partial charge on any atom is 0.419 e. The van der Waals surface area contributed by atoms with Gasteiger partial charge in [-0.05, 0) is 12.5 Å². The first-order valence-corrected chi connectivity index (χ1v) is 10.6. The van der Waals surface area contributed by atoms with E-state index in [0.717, 1.165) is 12.3 Å². The highest BCUT2D eigenvalue weighted by molar-refractivity contribution is 7.88. The first kappa shape index (κ1) is 20.3. The summed E-state index contributed by atoms with van der Waals surface area (Å²) >= 11 is 1.21. The maximum absolute atomic E-state index is 13.0. The Balaban J connectivity index is 1.69. The molecule has 3 rings (SSSR count). The van der Waals surface area contributed by atoms with E-state index in [4.69, 9.17) is 5.73 Å². The van der Waals surface area contributed by atoms with E-state index < -0.39 is 27.6 Å². The molecule has 28 heavy (non-hydrogen) atoms. The fourth-order valence-electron chi connectivity index (χ4n) is 2.29. The van der Waals surface area contributed by atoms with Gasteiger partial charge in [-0.25, -0.2) is 27.6 Å². The van der Waals surface area contributed by atoms with Crippen molar-refractivity contribution < 1.29 is 21.6 Å². The monoisotopic (exact) mass is 435 g/mol. The molecule has 0 fully saturated rings. The summed E-state index contributed by atoms with van der Waals surface area (Å²) in [6.07, 6.45) is -0.244. The van der Waals surface area contributed by atoms with Crippen LogP contribution in [0.4, 0.5) is 24.1 Å². The topological polar surface area (TPSA) is 127 Å². The van der Waals surface area contributed by atoms with E-state index in [-0.39, 0.29) is 5.56 Å². The van der Waals surface area contributed by atoms with Crippen molar-refractivity contribution in [3.63, 3.8) is 0 Å². The zero-order chi connectivity index (χ0) is 20.5. The lowest BCUT2D eigenvalue weighted by atomic mass is 10.1. The predicted molar refractivity (Wildman–Crippen MR) is 99.5 cm³/mol. The van der Waals surface area contributed by atoms with Gasteiger partial charge in [0.15, 0.2) is 0 Å². The lowest BCUT2D eigenvalue weighted by Crippen LogP contribution is -2.24. The first-order chi connectivity index (χ1) is 13.0. The number of sulfonamides is 1. The molecule has 3 aromatic heterocycles. The number of nitrogens with one attached hydrogen (secondary N) is 2. The molecule has 0 aliphatic heterocycles. The molecule has 152 valence electrons. The molecule has 0 saturated heterocycles. The van der Waals surface area contributed by atoms with Crippen LogP contribution >= 0.6 is 11.3 Å². The molecule has 0 spiro atoms. The Hall–Kier alpha value is -2.45. The van der Waals surface area contributed by atoms with E-state index in [2.05, 4.69) is 25.1 Å². The molecule has 0 radical (unpaired) electrons. The van der Waals surface area contributed by atoms with Gasteiger partial charge in [-0.2, -0.15) is 13.2 Å². The van der Waals surface area contributed by atoms with Crippen LogP contribution in [0.25, 0.3) is 16.2 Å². The van der Waals surface area contributed by atoms with Gasteiger partial charge in [-0.3, -0.25) is 0 Å². The van der Waals surface area contributed by atoms with Crippen LogP contribution in [0.1, 0.15) is 12.0 Å². The number of nitrogen functional groups attached to an aromatic ring is 1. The number of alkyl halides is 3. The molecule has 9 nitrogen and oxygen atoms in total. The third-order valence-electron chi connectivity index (χ3n) is 3.56. The third kappa shape index (κ3) is 4.88. The largest absolute Gasteiger partial charge is 0.419 e. The van der Waals surface area contributed by atoms with E-state index in [0.29, 0.717) is 35.3 Å². The smallest absolute Gasteiger partial charge is 0.383 e. The minimum absolute atomic E-state index is 0.181. The summed E-state index contributed by atoms with van der Waals surface area (Å²) in [5, 5.41) is 7.84. The summed E-state index contributed by atoms with van der Waals surface area (Å²) in [7, 11) is -3.22. The van der Waals surface area contributed by atoms with E-state index in [1.807, 2.05) is 0 Å². The van der Waals surface area contributed by atoms with Crippen LogP contribution in [0.5, 0.6) is 0 Å². The third-order valence-corrected chi connectivity index (χ3v) is 5.17. The number of hydrogen-bond acceptors (Lipinski definition) is 8. The fraction of sp³-hybridized carbons (Fsp3) is 0.357. The average Bonchev–Trinajstić information content (AvgIpc) is 3.11. The lowest BCUT2D eigenvalue weighted by molar-refractivity contribution is -0.137. The number of anilines is 2. The molecule has 0 amide bonds. The second-order valence-corrected chi connectivity index (χ2v) is 8.65. The van der Waals surface area contributed by atoms with Crippen LogP contribution < -0.4 is 15.8 Å². The van der Waals surface area contributed by atoms with Crippen molar-refractivity contribution in [3.8, 4) is 11.3 Å². The molecule has 14 heteroatoms. The summed E-state index contributed by atoms with van der Waals surface area (Å²) in [5.41, 5.74) is 4.77. The van der Waals surface area contributed by atoms with Crippen LogP contribution in [0, 0.1) is 0 Å². The van der Waals surface area contributed by atoms with Crippen molar-refractivity contribution in [2.24, 2.45) is 0 Å². The normalized spacial score (nSPS) is 12.6. The highest BCUT2D eigenvalue weighted by atomic mass is 32.2. The van der Waals surface area contributed by atoms with Crippen LogP contribution in [0.3, 0.4) is 0 Å². The molecule has 4 N–H and O–H groups in total. The molecular formula is C14H16F3N7O2S2. The number of pyridine rings is 1. The Morgan fingerprint density at radius 1 is 1.32 bits per heavy atom. The Kier molecular flexibility index (Phi) is 5.45. The average molecular weight is 435 g/mol. The second kappa shape index (κ2) is 7.52. The first-order valence-electron chi connectivity index (χ1n) is 7.91. The number of aromatic nitrogens is 4. The molecular weight excluding hydrogens is 419 g/mol. The summed E-state index contributed by atoms with van der Waals surface area (Å²) in [6.45, 7) is 0.785. The summed E-state index contributed by atoms with van der Waals surface area (Å²) in [5.74, 6) is -0.591. The minimum atomic E-state index is -4.61. The van der Waals surface area contributed by atoms with Crippen molar-refractivity contribution in [1.82, 2.24) is 24.3 Å². The quantitative estimate of drug-likeness (QED) is 0.483. The summed E-state index contributed by atoms with van der Waals surface area (Å²) in [4.78, 5) is 8.36. The van der Waals surface area contributed by atoms with Gasteiger partial charge in [-0.1, -0.05) is 11.3 Å². The van der Waals surface area contributed by atoms with E-state index in [1.54, 1.807) is 0 Å². The lowest BCUT2D eigenvalue weighted by Gasteiger charge is -2.09. The SMILES string of the molecule is CS(=O)(=O)NCCCNc1nn2cc(-c3cnc(N)c(C(F)(F)F)c3)nc2s1. The highest BCUT2D eigenvalue weighted by Gasteiger charge is 2.34. The molecule has 0 bridgehead atoms. The summed E-state index contributed by atoms with van der Waals surface area (Å²) in [6, 6.07) is 0.905. The van der Waals surface area contributed by atoms with Crippen molar-refractivity contribution in [2.45, 2.75) is 12.6 Å². The van der Waals surface area contributed by atoms with Gasteiger partial charge in [0.2, 0.25) is 20.1 Å². The van der Waals surface area contributed by atoms with Crippen LogP contribution in [-0.4, -0.2) is 47.3 Å².